The molecule has 1 aromatic heterocycles. The van der Waals surface area contributed by atoms with E-state index in [4.69, 9.17) is 24.7 Å². The highest BCUT2D eigenvalue weighted by molar-refractivity contribution is 5.88. The molecule has 0 radical (unpaired) electrons. The van der Waals surface area contributed by atoms with Crippen LogP contribution in [0.5, 0.6) is 23.0 Å². The minimum absolute atomic E-state index is 0.0997. The number of rotatable bonds is 8. The van der Waals surface area contributed by atoms with Gasteiger partial charge in [-0.2, -0.15) is 0 Å². The number of benzene rings is 2. The molecule has 1 fully saturated rings. The van der Waals surface area contributed by atoms with Crippen molar-refractivity contribution < 1.29 is 23.7 Å². The average molecular weight is 535 g/mol. The van der Waals surface area contributed by atoms with Crippen LogP contribution in [0.4, 0.5) is 5.69 Å². The highest BCUT2D eigenvalue weighted by Gasteiger charge is 2.29. The van der Waals surface area contributed by atoms with Gasteiger partial charge in [-0.25, -0.2) is 0 Å². The molecule has 0 aliphatic heterocycles. The van der Waals surface area contributed by atoms with Gasteiger partial charge in [-0.3, -0.25) is 9.78 Å². The van der Waals surface area contributed by atoms with E-state index >= 15 is 0 Å². The summed E-state index contributed by atoms with van der Waals surface area (Å²) < 4.78 is 23.8. The van der Waals surface area contributed by atoms with Gasteiger partial charge in [0.15, 0.2) is 11.5 Å². The summed E-state index contributed by atoms with van der Waals surface area (Å²) >= 11 is 0. The molecule has 7 heteroatoms. The molecule has 4 rings (SSSR count). The van der Waals surface area contributed by atoms with Crippen molar-refractivity contribution in [2.24, 2.45) is 17.8 Å². The fourth-order valence-corrected chi connectivity index (χ4v) is 5.28. The van der Waals surface area contributed by atoms with E-state index in [-0.39, 0.29) is 5.97 Å². The first-order chi connectivity index (χ1) is 18.5. The number of hydrogen-bond donors (Lipinski definition) is 1. The first-order valence-corrected chi connectivity index (χ1v) is 13.9. The van der Waals surface area contributed by atoms with E-state index in [1.165, 1.54) is 0 Å². The van der Waals surface area contributed by atoms with E-state index in [9.17, 15) is 4.79 Å². The number of hydrogen-bond acceptors (Lipinski definition) is 7. The Morgan fingerprint density at radius 1 is 1.00 bits per heavy atom. The third kappa shape index (κ3) is 7.55. The maximum atomic E-state index is 12.4. The first-order valence-electron chi connectivity index (χ1n) is 13.9. The van der Waals surface area contributed by atoms with E-state index in [0.717, 1.165) is 47.9 Å². The molecule has 0 bridgehead atoms. The van der Waals surface area contributed by atoms with Gasteiger partial charge in [-0.15, -0.1) is 0 Å². The molecule has 1 aliphatic rings. The zero-order valence-electron chi connectivity index (χ0n) is 24.1. The standard InChI is InChI=1S/C32H42N2O5/c1-20-7-8-22(9-10-23(20)16-31(35)39-32(3,4)5)19-37-30-18-26-25(17-29(30)36-6)28(13-14-34-26)38-27-12-11-24(33)15-21(27)2/h11-15,17-18,20,22-23H,7-10,16,19,33H2,1-6H3. The Bertz CT molecular complexity index is 1300. The Morgan fingerprint density at radius 3 is 2.49 bits per heavy atom. The Balaban J connectivity index is 1.44. The number of pyridine rings is 1. The number of nitrogens with two attached hydrogens (primary N) is 1. The van der Waals surface area contributed by atoms with Crippen molar-refractivity contribution in [2.75, 3.05) is 19.5 Å². The van der Waals surface area contributed by atoms with Crippen LogP contribution in [0.25, 0.3) is 10.9 Å². The number of nitrogen functional groups attached to an aromatic ring is 1. The van der Waals surface area contributed by atoms with Gasteiger partial charge in [0.25, 0.3) is 0 Å². The zero-order chi connectivity index (χ0) is 28.2. The summed E-state index contributed by atoms with van der Waals surface area (Å²) in [4.78, 5) is 17.0. The molecule has 39 heavy (non-hydrogen) atoms. The highest BCUT2D eigenvalue weighted by atomic mass is 16.6. The van der Waals surface area contributed by atoms with Gasteiger partial charge in [0.2, 0.25) is 0 Å². The van der Waals surface area contributed by atoms with Crippen molar-refractivity contribution in [3.05, 3.63) is 48.2 Å². The maximum Gasteiger partial charge on any atom is 0.306 e. The first kappa shape index (κ1) is 28.5. The maximum absolute atomic E-state index is 12.4. The van der Waals surface area contributed by atoms with Crippen molar-refractivity contribution in [1.82, 2.24) is 4.98 Å². The van der Waals surface area contributed by atoms with Gasteiger partial charge in [0.05, 0.1) is 19.2 Å². The molecular weight excluding hydrogens is 492 g/mol. The molecule has 7 nitrogen and oxygen atoms in total. The van der Waals surface area contributed by atoms with E-state index in [0.29, 0.717) is 53.7 Å². The Labute approximate surface area is 232 Å². The quantitative estimate of drug-likeness (QED) is 0.182. The van der Waals surface area contributed by atoms with E-state index in [1.807, 2.05) is 64.1 Å². The van der Waals surface area contributed by atoms with E-state index in [2.05, 4.69) is 11.9 Å². The molecule has 0 spiro atoms. The van der Waals surface area contributed by atoms with Crippen molar-refractivity contribution in [3.63, 3.8) is 0 Å². The molecular formula is C32H42N2O5. The number of anilines is 1. The Hall–Kier alpha value is -3.48. The van der Waals surface area contributed by atoms with E-state index in [1.54, 1.807) is 13.3 Å². The lowest BCUT2D eigenvalue weighted by atomic mass is 9.87. The van der Waals surface area contributed by atoms with Crippen LogP contribution in [-0.4, -0.2) is 30.3 Å². The lowest BCUT2D eigenvalue weighted by Crippen LogP contribution is -2.26. The van der Waals surface area contributed by atoms with Crippen LogP contribution in [0.3, 0.4) is 0 Å². The molecule has 1 heterocycles. The van der Waals surface area contributed by atoms with Crippen molar-refractivity contribution in [2.45, 2.75) is 72.3 Å². The number of esters is 1. The molecule has 0 amide bonds. The lowest BCUT2D eigenvalue weighted by Gasteiger charge is -2.24. The molecule has 2 aromatic carbocycles. The van der Waals surface area contributed by atoms with Crippen molar-refractivity contribution >= 4 is 22.6 Å². The monoisotopic (exact) mass is 534 g/mol. The minimum Gasteiger partial charge on any atom is -0.493 e. The van der Waals surface area contributed by atoms with Gasteiger partial charge < -0.3 is 24.7 Å². The van der Waals surface area contributed by atoms with Crippen LogP contribution < -0.4 is 19.9 Å². The molecule has 3 aromatic rings. The topological polar surface area (TPSA) is 92.9 Å². The third-order valence-corrected chi connectivity index (χ3v) is 7.51. The number of ether oxygens (including phenoxy) is 4. The number of methoxy groups -OCH3 is 1. The summed E-state index contributed by atoms with van der Waals surface area (Å²) in [6, 6.07) is 11.3. The van der Waals surface area contributed by atoms with Gasteiger partial charge in [0.1, 0.15) is 17.1 Å². The second kappa shape index (κ2) is 12.1. The SMILES string of the molecule is COc1cc2c(Oc3ccc(N)cc3C)ccnc2cc1OCC1CCC(C)C(CC(=O)OC(C)(C)C)CC1. The molecule has 3 atom stereocenters. The van der Waals surface area contributed by atoms with Crippen molar-refractivity contribution in [3.8, 4) is 23.0 Å². The highest BCUT2D eigenvalue weighted by Crippen LogP contribution is 2.39. The molecule has 210 valence electrons. The largest absolute Gasteiger partial charge is 0.493 e. The van der Waals surface area contributed by atoms with Crippen LogP contribution >= 0.6 is 0 Å². The van der Waals surface area contributed by atoms with Crippen LogP contribution in [-0.2, 0) is 9.53 Å². The lowest BCUT2D eigenvalue weighted by molar-refractivity contribution is -0.156. The minimum atomic E-state index is -0.447. The van der Waals surface area contributed by atoms with E-state index < -0.39 is 5.60 Å². The normalized spacial score (nSPS) is 19.8. The second-order valence-corrected chi connectivity index (χ2v) is 11.8. The summed E-state index contributed by atoms with van der Waals surface area (Å²) in [5.74, 6) is 3.86. The fraction of sp³-hybridized carbons (Fsp3) is 0.500. The molecule has 1 aliphatic carbocycles. The smallest absolute Gasteiger partial charge is 0.306 e. The summed E-state index contributed by atoms with van der Waals surface area (Å²) in [5, 5.41) is 0.839. The van der Waals surface area contributed by atoms with Crippen LogP contribution in [0.2, 0.25) is 0 Å². The number of carbonyl (C=O) groups excluding carboxylic acids is 1. The predicted octanol–water partition coefficient (Wildman–Crippen LogP) is 7.48. The number of aromatic nitrogens is 1. The number of carbonyl (C=O) groups is 1. The fourth-order valence-electron chi connectivity index (χ4n) is 5.28. The Kier molecular flexibility index (Phi) is 8.88. The molecule has 1 saturated carbocycles. The Morgan fingerprint density at radius 2 is 1.77 bits per heavy atom. The van der Waals surface area contributed by atoms with Crippen molar-refractivity contribution in [1.29, 1.82) is 0 Å². The van der Waals surface area contributed by atoms with Gasteiger partial charge >= 0.3 is 5.97 Å². The number of aryl methyl sites for hydroxylation is 1. The summed E-state index contributed by atoms with van der Waals surface area (Å²) in [6.45, 7) is 10.6. The number of fused-ring (bicyclic) bond motifs is 1. The average Bonchev–Trinajstić information content (AvgIpc) is 3.04. The van der Waals surface area contributed by atoms with Gasteiger partial charge in [-0.05, 0) is 101 Å². The summed E-state index contributed by atoms with van der Waals surface area (Å²) in [7, 11) is 1.64. The predicted molar refractivity (Wildman–Crippen MR) is 155 cm³/mol. The second-order valence-electron chi connectivity index (χ2n) is 11.8. The molecule has 0 saturated heterocycles. The van der Waals surface area contributed by atoms with Crippen LogP contribution in [0.1, 0.15) is 65.4 Å². The van der Waals surface area contributed by atoms with Gasteiger partial charge in [0, 0.05) is 29.8 Å². The van der Waals surface area contributed by atoms with Crippen LogP contribution in [0.15, 0.2) is 42.6 Å². The summed E-state index contributed by atoms with van der Waals surface area (Å²) in [6.07, 6.45) is 6.37. The summed E-state index contributed by atoms with van der Waals surface area (Å²) in [5.41, 5.74) is 7.87. The number of nitrogens with zero attached hydrogens (tertiary/aromatic N) is 1. The molecule has 2 N–H and O–H groups in total. The van der Waals surface area contributed by atoms with Gasteiger partial charge in [-0.1, -0.05) is 13.3 Å². The zero-order valence-corrected chi connectivity index (χ0v) is 24.1. The molecule has 3 unspecified atom stereocenters. The third-order valence-electron chi connectivity index (χ3n) is 7.51. The van der Waals surface area contributed by atoms with Crippen LogP contribution in [0, 0.1) is 24.7 Å².